The van der Waals surface area contributed by atoms with E-state index in [1.807, 2.05) is 5.92 Å². The monoisotopic (exact) mass is 219 g/mol. The van der Waals surface area contributed by atoms with Crippen LogP contribution in [0.2, 0.25) is 0 Å². The molecule has 0 saturated carbocycles. The minimum absolute atomic E-state index is 0.489. The van der Waals surface area contributed by atoms with Gasteiger partial charge in [-0.2, -0.15) is 0 Å². The predicted molar refractivity (Wildman–Crippen MR) is 43.4 cm³/mol. The van der Waals surface area contributed by atoms with Gasteiger partial charge in [0.2, 0.25) is 0 Å². The Morgan fingerprint density at radius 1 is 1.13 bits per heavy atom. The van der Waals surface area contributed by atoms with Crippen molar-refractivity contribution >= 4 is 0 Å². The molecule has 10 heteroatoms. The highest BCUT2D eigenvalue weighted by Crippen LogP contribution is 2.12. The first-order valence-corrected chi connectivity index (χ1v) is 3.34. The number of rotatable bonds is 6. The van der Waals surface area contributed by atoms with Crippen LogP contribution >= 0.6 is 0 Å². The molecule has 0 rings (SSSR count). The van der Waals surface area contributed by atoms with Gasteiger partial charge in [0.05, 0.1) is 0 Å². The van der Waals surface area contributed by atoms with Gasteiger partial charge in [-0.15, -0.1) is 6.42 Å². The van der Waals surface area contributed by atoms with E-state index >= 15 is 0 Å². The Labute approximate surface area is 82.3 Å². The molecule has 0 aliphatic heterocycles. The third kappa shape index (κ3) is 2.35. The first kappa shape index (κ1) is 12.7. The number of hydrogen-bond donors (Lipinski definition) is 0. The summed E-state index contributed by atoms with van der Waals surface area (Å²) in [5, 5.41) is 30.9. The van der Waals surface area contributed by atoms with Gasteiger partial charge in [-0.25, -0.2) is 0 Å². The molecule has 0 spiro atoms. The van der Waals surface area contributed by atoms with E-state index in [0.29, 0.717) is 0 Å². The Morgan fingerprint density at radius 2 is 1.53 bits per heavy atom. The molecule has 15 heavy (non-hydrogen) atoms. The lowest BCUT2D eigenvalue weighted by Crippen LogP contribution is -2.56. The van der Waals surface area contributed by atoms with Crippen LogP contribution in [-0.4, -0.2) is 33.8 Å². The lowest BCUT2D eigenvalue weighted by molar-refractivity contribution is -0.970. The number of terminal acetylenes is 1. The lowest BCUT2D eigenvalue weighted by atomic mass is 10.4. The summed E-state index contributed by atoms with van der Waals surface area (Å²) in [5.41, 5.74) is 0. The zero-order chi connectivity index (χ0) is 12.1. The van der Waals surface area contributed by atoms with Crippen LogP contribution in [-0.2, 0) is 4.74 Å². The van der Waals surface area contributed by atoms with Crippen LogP contribution in [0.25, 0.3) is 0 Å². The Kier molecular flexibility index (Phi) is 4.09. The first-order valence-electron chi connectivity index (χ1n) is 3.34. The second kappa shape index (κ2) is 4.82. The summed E-state index contributed by atoms with van der Waals surface area (Å²) in [4.78, 5) is 26.0. The Morgan fingerprint density at radius 3 is 1.80 bits per heavy atom. The Bertz CT molecular complexity index is 296. The van der Waals surface area contributed by atoms with Crippen LogP contribution < -0.4 is 0 Å². The van der Waals surface area contributed by atoms with Crippen LogP contribution in [0, 0.1) is 42.7 Å². The third-order valence-electron chi connectivity index (χ3n) is 1.36. The summed E-state index contributed by atoms with van der Waals surface area (Å²) in [5.74, 6) is -1.73. The smallest absolute Gasteiger partial charge is 0.347 e. The van der Waals surface area contributed by atoms with E-state index in [1.54, 1.807) is 0 Å². The van der Waals surface area contributed by atoms with E-state index in [9.17, 15) is 30.3 Å². The molecule has 0 bridgehead atoms. The molecule has 0 unspecified atom stereocenters. The average Bonchev–Trinajstić information content (AvgIpc) is 2.10. The van der Waals surface area contributed by atoms with Gasteiger partial charge >= 0.3 is 5.79 Å². The van der Waals surface area contributed by atoms with Crippen molar-refractivity contribution in [3.8, 4) is 12.3 Å². The summed E-state index contributed by atoms with van der Waals surface area (Å²) in [6, 6.07) is 0. The maximum atomic E-state index is 10.3. The summed E-state index contributed by atoms with van der Waals surface area (Å²) < 4.78 is 4.27. The van der Waals surface area contributed by atoms with Crippen LogP contribution in [0.3, 0.4) is 0 Å². The van der Waals surface area contributed by atoms with Crippen LogP contribution in [0.5, 0.6) is 0 Å². The second-order valence-electron chi connectivity index (χ2n) is 2.24. The normalized spacial score (nSPS) is 10.3. The quantitative estimate of drug-likeness (QED) is 0.186. The van der Waals surface area contributed by atoms with Crippen molar-refractivity contribution in [2.75, 3.05) is 13.2 Å². The van der Waals surface area contributed by atoms with E-state index < -0.39 is 33.8 Å². The van der Waals surface area contributed by atoms with Crippen LogP contribution in [0.4, 0.5) is 0 Å². The maximum absolute atomic E-state index is 10.3. The summed E-state index contributed by atoms with van der Waals surface area (Å²) in [6.07, 6.45) is 4.70. The van der Waals surface area contributed by atoms with Gasteiger partial charge in [-0.3, -0.25) is 30.3 Å². The minimum Gasteiger partial charge on any atom is -0.347 e. The molecular formula is C5H5N3O7. The molecule has 0 aromatic heterocycles. The largest absolute Gasteiger partial charge is 0.723 e. The zero-order valence-corrected chi connectivity index (χ0v) is 7.19. The molecule has 10 nitrogen and oxygen atoms in total. The molecule has 82 valence electrons. The third-order valence-corrected chi connectivity index (χ3v) is 1.36. The SMILES string of the molecule is C#CCOCC([N+](=O)[O-])([N+](=O)[O-])[N+](=O)[O-]. The van der Waals surface area contributed by atoms with Crippen LogP contribution in [0.15, 0.2) is 0 Å². The molecule has 0 heterocycles. The van der Waals surface area contributed by atoms with Gasteiger partial charge in [0.15, 0.2) is 14.8 Å². The highest BCUT2D eigenvalue weighted by Gasteiger charge is 2.70. The number of hydrogen-bond acceptors (Lipinski definition) is 7. The fraction of sp³-hybridized carbons (Fsp3) is 0.600. The van der Waals surface area contributed by atoms with E-state index in [4.69, 9.17) is 6.42 Å². The fourth-order valence-electron chi connectivity index (χ4n) is 0.605. The molecule has 0 aliphatic rings. The van der Waals surface area contributed by atoms with Crippen molar-refractivity contribution in [3.63, 3.8) is 0 Å². The van der Waals surface area contributed by atoms with Gasteiger partial charge in [-0.1, -0.05) is 5.92 Å². The topological polar surface area (TPSA) is 139 Å². The van der Waals surface area contributed by atoms with Gasteiger partial charge in [0.1, 0.15) is 6.61 Å². The van der Waals surface area contributed by atoms with E-state index in [1.165, 1.54) is 0 Å². The minimum atomic E-state index is -3.60. The highest BCUT2D eigenvalue weighted by molar-refractivity contribution is 4.82. The molecule has 0 atom stereocenters. The van der Waals surface area contributed by atoms with Gasteiger partial charge in [0.25, 0.3) is 6.61 Å². The van der Waals surface area contributed by atoms with Gasteiger partial charge in [0, 0.05) is 0 Å². The summed E-state index contributed by atoms with van der Waals surface area (Å²) in [6.45, 7) is -1.82. The van der Waals surface area contributed by atoms with E-state index in [0.717, 1.165) is 0 Å². The molecule has 0 aliphatic carbocycles. The maximum Gasteiger partial charge on any atom is 0.723 e. The highest BCUT2D eigenvalue weighted by atomic mass is 16.7. The standard InChI is InChI=1S/C5H5N3O7/c1-2-3-15-4-5(6(9)10,7(11)12)8(13)14/h1H,3-4H2. The van der Waals surface area contributed by atoms with Crippen molar-refractivity contribution in [2.24, 2.45) is 0 Å². The average molecular weight is 219 g/mol. The van der Waals surface area contributed by atoms with Crippen molar-refractivity contribution in [2.45, 2.75) is 5.79 Å². The van der Waals surface area contributed by atoms with E-state index in [2.05, 4.69) is 4.74 Å². The van der Waals surface area contributed by atoms with Gasteiger partial charge in [-0.05, 0) is 0 Å². The van der Waals surface area contributed by atoms with Crippen LogP contribution in [0.1, 0.15) is 0 Å². The van der Waals surface area contributed by atoms with Crippen molar-refractivity contribution in [1.29, 1.82) is 0 Å². The Balaban J connectivity index is 5.00. The second-order valence-corrected chi connectivity index (χ2v) is 2.24. The van der Waals surface area contributed by atoms with Gasteiger partial charge < -0.3 is 4.74 Å². The molecule has 0 radical (unpaired) electrons. The molecule has 0 fully saturated rings. The molecule has 0 saturated heterocycles. The molecule has 0 aromatic rings. The predicted octanol–water partition coefficient (Wildman–Crippen LogP) is -0.880. The lowest BCUT2D eigenvalue weighted by Gasteiger charge is -2.07. The first-order chi connectivity index (χ1) is 6.89. The molecular weight excluding hydrogens is 214 g/mol. The van der Waals surface area contributed by atoms with E-state index in [-0.39, 0.29) is 0 Å². The van der Waals surface area contributed by atoms with Crippen molar-refractivity contribution in [3.05, 3.63) is 30.3 Å². The summed E-state index contributed by atoms with van der Waals surface area (Å²) >= 11 is 0. The Hall–Kier alpha value is -2.28. The number of nitrogens with zero attached hydrogens (tertiary/aromatic N) is 3. The molecule has 0 amide bonds. The molecule has 0 N–H and O–H groups in total. The summed E-state index contributed by atoms with van der Waals surface area (Å²) in [7, 11) is 0. The fourth-order valence-corrected chi connectivity index (χ4v) is 0.605. The zero-order valence-electron chi connectivity index (χ0n) is 7.19. The number of nitro groups is 3. The van der Waals surface area contributed by atoms with Crippen molar-refractivity contribution < 1.29 is 19.5 Å². The molecule has 0 aromatic carbocycles. The van der Waals surface area contributed by atoms with Crippen molar-refractivity contribution in [1.82, 2.24) is 0 Å². The number of ether oxygens (including phenoxy) is 1.